The van der Waals surface area contributed by atoms with Crippen molar-refractivity contribution in [3.8, 4) is 0 Å². The molecule has 0 radical (unpaired) electrons. The molecule has 2 rings (SSSR count). The molecule has 1 saturated carbocycles. The van der Waals surface area contributed by atoms with Crippen molar-refractivity contribution in [3.63, 3.8) is 0 Å². The molecule has 1 N–H and O–H groups in total. The molecule has 2 heteroatoms. The Hall–Kier alpha value is -0.340. The van der Waals surface area contributed by atoms with Crippen molar-refractivity contribution in [1.82, 2.24) is 0 Å². The molecule has 1 nitrogen and oxygen atoms in total. The fourth-order valence-electron chi connectivity index (χ4n) is 2.41. The van der Waals surface area contributed by atoms with Gasteiger partial charge in [0.1, 0.15) is 0 Å². The number of benzene rings is 1. The van der Waals surface area contributed by atoms with Gasteiger partial charge in [0.05, 0.1) is 6.10 Å². The first kappa shape index (κ1) is 11.2. The summed E-state index contributed by atoms with van der Waals surface area (Å²) in [7, 11) is 0. The minimum Gasteiger partial charge on any atom is -0.388 e. The van der Waals surface area contributed by atoms with E-state index in [1.165, 1.54) is 32.1 Å². The zero-order chi connectivity index (χ0) is 10.7. The minimum atomic E-state index is -0.275. The molecular formula is C13H17BrO. The van der Waals surface area contributed by atoms with Gasteiger partial charge in [0.25, 0.3) is 0 Å². The maximum Gasteiger partial charge on any atom is 0.0818 e. The number of rotatable bonds is 2. The van der Waals surface area contributed by atoms with Crippen LogP contribution in [-0.4, -0.2) is 5.11 Å². The second kappa shape index (κ2) is 5.13. The van der Waals surface area contributed by atoms with Gasteiger partial charge < -0.3 is 5.11 Å². The maximum absolute atomic E-state index is 10.2. The van der Waals surface area contributed by atoms with Crippen LogP contribution in [0.4, 0.5) is 0 Å². The largest absolute Gasteiger partial charge is 0.388 e. The lowest BCUT2D eigenvalue weighted by Gasteiger charge is -2.26. The van der Waals surface area contributed by atoms with Gasteiger partial charge in [-0.15, -0.1) is 0 Å². The first-order chi connectivity index (χ1) is 7.27. The summed E-state index contributed by atoms with van der Waals surface area (Å²) in [6, 6.07) is 8.03. The third-order valence-electron chi connectivity index (χ3n) is 3.29. The summed E-state index contributed by atoms with van der Waals surface area (Å²) in [5.41, 5.74) is 1.05. The Morgan fingerprint density at radius 3 is 2.60 bits per heavy atom. The average Bonchev–Trinajstić information content (AvgIpc) is 2.29. The fraction of sp³-hybridized carbons (Fsp3) is 0.538. The van der Waals surface area contributed by atoms with Crippen LogP contribution in [0.15, 0.2) is 28.7 Å². The molecule has 1 atom stereocenters. The Morgan fingerprint density at radius 2 is 1.93 bits per heavy atom. The van der Waals surface area contributed by atoms with Gasteiger partial charge >= 0.3 is 0 Å². The van der Waals surface area contributed by atoms with E-state index < -0.39 is 0 Å². The summed E-state index contributed by atoms with van der Waals surface area (Å²) < 4.78 is 1.05. The number of hydrogen-bond donors (Lipinski definition) is 1. The first-order valence-electron chi connectivity index (χ1n) is 5.71. The highest BCUT2D eigenvalue weighted by Crippen LogP contribution is 2.34. The second-order valence-electron chi connectivity index (χ2n) is 4.40. The monoisotopic (exact) mass is 268 g/mol. The molecule has 0 aromatic heterocycles. The van der Waals surface area contributed by atoms with Crippen LogP contribution in [0.3, 0.4) is 0 Å². The summed E-state index contributed by atoms with van der Waals surface area (Å²) in [6.07, 6.45) is 5.96. The quantitative estimate of drug-likeness (QED) is 0.858. The minimum absolute atomic E-state index is 0.275. The van der Waals surface area contributed by atoms with Crippen LogP contribution >= 0.6 is 15.9 Å². The zero-order valence-corrected chi connectivity index (χ0v) is 10.4. The standard InChI is InChI=1S/C13H17BrO/c14-12-8-4-7-11(9-12)13(15)10-5-2-1-3-6-10/h4,7-10,13,15H,1-3,5-6H2/t13-/m0/s1. The molecule has 0 heterocycles. The van der Waals surface area contributed by atoms with E-state index in [1.807, 2.05) is 24.3 Å². The Balaban J connectivity index is 2.08. The number of hydrogen-bond acceptors (Lipinski definition) is 1. The van der Waals surface area contributed by atoms with E-state index in [0.717, 1.165) is 10.0 Å². The van der Waals surface area contributed by atoms with Crippen molar-refractivity contribution in [2.45, 2.75) is 38.2 Å². The highest BCUT2D eigenvalue weighted by atomic mass is 79.9. The van der Waals surface area contributed by atoms with Crippen LogP contribution < -0.4 is 0 Å². The van der Waals surface area contributed by atoms with Gasteiger partial charge in [0, 0.05) is 4.47 Å². The highest BCUT2D eigenvalue weighted by molar-refractivity contribution is 9.10. The Labute approximate surface area is 99.6 Å². The molecule has 1 aliphatic carbocycles. The van der Waals surface area contributed by atoms with Crippen LogP contribution in [0, 0.1) is 5.92 Å². The molecule has 82 valence electrons. The Morgan fingerprint density at radius 1 is 1.20 bits per heavy atom. The molecule has 0 unspecified atom stereocenters. The average molecular weight is 269 g/mol. The van der Waals surface area contributed by atoms with Gasteiger partial charge in [0.15, 0.2) is 0 Å². The molecule has 0 aliphatic heterocycles. The third-order valence-corrected chi connectivity index (χ3v) is 3.78. The van der Waals surface area contributed by atoms with Crippen LogP contribution in [0.5, 0.6) is 0 Å². The van der Waals surface area contributed by atoms with E-state index in [4.69, 9.17) is 0 Å². The summed E-state index contributed by atoms with van der Waals surface area (Å²) >= 11 is 3.44. The van der Waals surface area contributed by atoms with Crippen LogP contribution in [0.25, 0.3) is 0 Å². The summed E-state index contributed by atoms with van der Waals surface area (Å²) in [6.45, 7) is 0. The molecule has 15 heavy (non-hydrogen) atoms. The molecular weight excluding hydrogens is 252 g/mol. The van der Waals surface area contributed by atoms with Gasteiger partial charge in [-0.2, -0.15) is 0 Å². The molecule has 0 saturated heterocycles. The smallest absolute Gasteiger partial charge is 0.0818 e. The van der Waals surface area contributed by atoms with E-state index in [2.05, 4.69) is 15.9 Å². The molecule has 1 aromatic carbocycles. The SMILES string of the molecule is O[C@H](c1cccc(Br)c1)C1CCCCC1. The van der Waals surface area contributed by atoms with Crippen molar-refractivity contribution in [1.29, 1.82) is 0 Å². The Bertz CT molecular complexity index is 318. The van der Waals surface area contributed by atoms with E-state index in [-0.39, 0.29) is 6.10 Å². The van der Waals surface area contributed by atoms with Crippen molar-refractivity contribution in [3.05, 3.63) is 34.3 Å². The van der Waals surface area contributed by atoms with Crippen molar-refractivity contribution in [2.75, 3.05) is 0 Å². The highest BCUT2D eigenvalue weighted by Gasteiger charge is 2.22. The maximum atomic E-state index is 10.2. The van der Waals surface area contributed by atoms with Gasteiger partial charge in [-0.3, -0.25) is 0 Å². The Kier molecular flexibility index (Phi) is 3.81. The van der Waals surface area contributed by atoms with E-state index in [9.17, 15) is 5.11 Å². The number of aliphatic hydroxyl groups is 1. The van der Waals surface area contributed by atoms with Gasteiger partial charge in [0.2, 0.25) is 0 Å². The summed E-state index contributed by atoms with van der Waals surface area (Å²) in [5.74, 6) is 0.466. The normalized spacial score (nSPS) is 20.1. The summed E-state index contributed by atoms with van der Waals surface area (Å²) in [5, 5.41) is 10.2. The number of halogens is 1. The van der Waals surface area contributed by atoms with E-state index in [0.29, 0.717) is 5.92 Å². The summed E-state index contributed by atoms with van der Waals surface area (Å²) in [4.78, 5) is 0. The lowest BCUT2D eigenvalue weighted by molar-refractivity contribution is 0.0848. The van der Waals surface area contributed by atoms with Crippen molar-refractivity contribution < 1.29 is 5.11 Å². The van der Waals surface area contributed by atoms with Crippen LogP contribution in [0.2, 0.25) is 0 Å². The topological polar surface area (TPSA) is 20.2 Å². The van der Waals surface area contributed by atoms with Crippen LogP contribution in [0.1, 0.15) is 43.8 Å². The van der Waals surface area contributed by atoms with Gasteiger partial charge in [-0.25, -0.2) is 0 Å². The van der Waals surface area contributed by atoms with E-state index >= 15 is 0 Å². The predicted molar refractivity (Wildman–Crippen MR) is 65.7 cm³/mol. The molecule has 0 spiro atoms. The molecule has 1 fully saturated rings. The molecule has 0 amide bonds. The molecule has 1 aromatic rings. The first-order valence-corrected chi connectivity index (χ1v) is 6.50. The third kappa shape index (κ3) is 2.82. The van der Waals surface area contributed by atoms with E-state index in [1.54, 1.807) is 0 Å². The van der Waals surface area contributed by atoms with Crippen molar-refractivity contribution in [2.24, 2.45) is 5.92 Å². The zero-order valence-electron chi connectivity index (χ0n) is 8.82. The van der Waals surface area contributed by atoms with Crippen LogP contribution in [-0.2, 0) is 0 Å². The predicted octanol–water partition coefficient (Wildman–Crippen LogP) is 4.06. The van der Waals surface area contributed by atoms with Gasteiger partial charge in [-0.1, -0.05) is 47.3 Å². The fourth-order valence-corrected chi connectivity index (χ4v) is 2.83. The lowest BCUT2D eigenvalue weighted by Crippen LogP contribution is -2.15. The second-order valence-corrected chi connectivity index (χ2v) is 5.31. The van der Waals surface area contributed by atoms with Crippen molar-refractivity contribution >= 4 is 15.9 Å². The van der Waals surface area contributed by atoms with Gasteiger partial charge in [-0.05, 0) is 36.5 Å². The number of aliphatic hydroxyl groups excluding tert-OH is 1. The molecule has 0 bridgehead atoms. The molecule has 1 aliphatic rings. The lowest BCUT2D eigenvalue weighted by atomic mass is 9.83.